The van der Waals surface area contributed by atoms with E-state index in [2.05, 4.69) is 5.32 Å². The standard InChI is InChI=1S/C18H25N3O4/c1-2-20(12-14-7-4-3-5-8-14)16(22)11-19-18(25)21-10-6-9-15(13-21)17(23)24/h3-5,7-8,15H,2,6,9-13H2,1H3,(H,19,25)(H,23,24). The topological polar surface area (TPSA) is 90.0 Å². The van der Waals surface area contributed by atoms with Crippen LogP contribution in [0.15, 0.2) is 30.3 Å². The molecule has 7 heteroatoms. The van der Waals surface area contributed by atoms with Gasteiger partial charge in [0, 0.05) is 26.2 Å². The van der Waals surface area contributed by atoms with Crippen LogP contribution >= 0.6 is 0 Å². The molecule has 136 valence electrons. The number of carbonyl (C=O) groups excluding carboxylic acids is 2. The van der Waals surface area contributed by atoms with Crippen molar-refractivity contribution in [3.63, 3.8) is 0 Å². The number of likely N-dealkylation sites (tertiary alicyclic amines) is 1. The predicted molar refractivity (Wildman–Crippen MR) is 92.9 cm³/mol. The first kappa shape index (κ1) is 18.8. The van der Waals surface area contributed by atoms with Gasteiger partial charge in [0.2, 0.25) is 5.91 Å². The molecule has 0 aliphatic carbocycles. The molecule has 1 atom stereocenters. The van der Waals surface area contributed by atoms with Crippen LogP contribution in [0.1, 0.15) is 25.3 Å². The number of hydrogen-bond acceptors (Lipinski definition) is 3. The third-order valence-corrected chi connectivity index (χ3v) is 4.40. The Morgan fingerprint density at radius 2 is 2.00 bits per heavy atom. The van der Waals surface area contributed by atoms with Crippen molar-refractivity contribution in [1.82, 2.24) is 15.1 Å². The van der Waals surface area contributed by atoms with Gasteiger partial charge in [-0.05, 0) is 25.3 Å². The van der Waals surface area contributed by atoms with E-state index in [0.29, 0.717) is 32.5 Å². The Kier molecular flexibility index (Phi) is 6.80. The van der Waals surface area contributed by atoms with Gasteiger partial charge in [-0.3, -0.25) is 9.59 Å². The van der Waals surface area contributed by atoms with Gasteiger partial charge in [-0.2, -0.15) is 0 Å². The van der Waals surface area contributed by atoms with Crippen LogP contribution in [0.3, 0.4) is 0 Å². The highest BCUT2D eigenvalue weighted by molar-refractivity contribution is 5.84. The van der Waals surface area contributed by atoms with Gasteiger partial charge in [-0.15, -0.1) is 0 Å². The largest absolute Gasteiger partial charge is 0.481 e. The van der Waals surface area contributed by atoms with E-state index in [-0.39, 0.29) is 25.0 Å². The van der Waals surface area contributed by atoms with Gasteiger partial charge < -0.3 is 20.2 Å². The van der Waals surface area contributed by atoms with Crippen molar-refractivity contribution >= 4 is 17.9 Å². The van der Waals surface area contributed by atoms with Crippen LogP contribution in [0, 0.1) is 5.92 Å². The van der Waals surface area contributed by atoms with Crippen LogP contribution in [0.2, 0.25) is 0 Å². The summed E-state index contributed by atoms with van der Waals surface area (Å²) >= 11 is 0. The van der Waals surface area contributed by atoms with Crippen molar-refractivity contribution in [3.8, 4) is 0 Å². The molecule has 0 bridgehead atoms. The molecule has 1 saturated heterocycles. The number of hydrogen-bond donors (Lipinski definition) is 2. The number of nitrogens with zero attached hydrogens (tertiary/aromatic N) is 2. The van der Waals surface area contributed by atoms with Crippen molar-refractivity contribution in [2.45, 2.75) is 26.3 Å². The highest BCUT2D eigenvalue weighted by Gasteiger charge is 2.28. The lowest BCUT2D eigenvalue weighted by molar-refractivity contribution is -0.143. The lowest BCUT2D eigenvalue weighted by atomic mass is 9.99. The van der Waals surface area contributed by atoms with Crippen LogP contribution in [0.5, 0.6) is 0 Å². The molecule has 0 aromatic heterocycles. The minimum absolute atomic E-state index is 0.0895. The molecule has 1 aliphatic rings. The number of rotatable bonds is 6. The zero-order chi connectivity index (χ0) is 18.2. The number of nitrogens with one attached hydrogen (secondary N) is 1. The SMILES string of the molecule is CCN(Cc1ccccc1)C(=O)CNC(=O)N1CCCC(C(=O)O)C1. The van der Waals surface area contributed by atoms with Crippen molar-refractivity contribution in [3.05, 3.63) is 35.9 Å². The maximum absolute atomic E-state index is 12.3. The number of amides is 3. The number of carbonyl (C=O) groups is 3. The van der Waals surface area contributed by atoms with Gasteiger partial charge in [0.1, 0.15) is 0 Å². The molecule has 1 fully saturated rings. The molecule has 3 amide bonds. The molecule has 0 radical (unpaired) electrons. The molecule has 7 nitrogen and oxygen atoms in total. The van der Waals surface area contributed by atoms with E-state index in [9.17, 15) is 14.4 Å². The van der Waals surface area contributed by atoms with E-state index in [1.54, 1.807) is 4.90 Å². The summed E-state index contributed by atoms with van der Waals surface area (Å²) in [6, 6.07) is 9.29. The van der Waals surface area contributed by atoms with Crippen molar-refractivity contribution in [2.75, 3.05) is 26.2 Å². The minimum atomic E-state index is -0.881. The fourth-order valence-electron chi connectivity index (χ4n) is 2.92. The van der Waals surface area contributed by atoms with Crippen molar-refractivity contribution in [2.24, 2.45) is 5.92 Å². The number of carboxylic acids is 1. The number of urea groups is 1. The van der Waals surface area contributed by atoms with Gasteiger partial charge >= 0.3 is 12.0 Å². The van der Waals surface area contributed by atoms with Crippen molar-refractivity contribution in [1.29, 1.82) is 0 Å². The van der Waals surface area contributed by atoms with E-state index in [4.69, 9.17) is 5.11 Å². The number of likely N-dealkylation sites (N-methyl/N-ethyl adjacent to an activating group) is 1. The number of carboxylic acid groups (broad SMARTS) is 1. The maximum atomic E-state index is 12.3. The Morgan fingerprint density at radius 1 is 1.28 bits per heavy atom. The maximum Gasteiger partial charge on any atom is 0.317 e. The Morgan fingerprint density at radius 3 is 2.64 bits per heavy atom. The zero-order valence-electron chi connectivity index (χ0n) is 14.5. The third-order valence-electron chi connectivity index (χ3n) is 4.40. The smallest absolute Gasteiger partial charge is 0.317 e. The lowest BCUT2D eigenvalue weighted by Gasteiger charge is -2.31. The first-order valence-electron chi connectivity index (χ1n) is 8.58. The van der Waals surface area contributed by atoms with Crippen LogP contribution in [0.25, 0.3) is 0 Å². The highest BCUT2D eigenvalue weighted by atomic mass is 16.4. The minimum Gasteiger partial charge on any atom is -0.481 e. The van der Waals surface area contributed by atoms with E-state index < -0.39 is 11.9 Å². The molecule has 1 aliphatic heterocycles. The quantitative estimate of drug-likeness (QED) is 0.817. The molecular weight excluding hydrogens is 322 g/mol. The van der Waals surface area contributed by atoms with Gasteiger partial charge in [-0.1, -0.05) is 30.3 Å². The third kappa shape index (κ3) is 5.48. The van der Waals surface area contributed by atoms with Crippen LogP contribution in [-0.2, 0) is 16.1 Å². The average Bonchev–Trinajstić information content (AvgIpc) is 2.64. The van der Waals surface area contributed by atoms with Crippen molar-refractivity contribution < 1.29 is 19.5 Å². The molecule has 25 heavy (non-hydrogen) atoms. The fraction of sp³-hybridized carbons (Fsp3) is 0.500. The first-order valence-corrected chi connectivity index (χ1v) is 8.58. The second-order valence-electron chi connectivity index (χ2n) is 6.18. The molecule has 2 N–H and O–H groups in total. The van der Waals surface area contributed by atoms with E-state index in [1.807, 2.05) is 37.3 Å². The highest BCUT2D eigenvalue weighted by Crippen LogP contribution is 2.16. The summed E-state index contributed by atoms with van der Waals surface area (Å²) in [6.45, 7) is 3.56. The number of piperidine rings is 1. The molecule has 1 heterocycles. The first-order chi connectivity index (χ1) is 12.0. The Balaban J connectivity index is 1.83. The normalized spacial score (nSPS) is 17.0. The van der Waals surface area contributed by atoms with Crippen LogP contribution < -0.4 is 5.32 Å². The second-order valence-corrected chi connectivity index (χ2v) is 6.18. The summed E-state index contributed by atoms with van der Waals surface area (Å²) in [5, 5.41) is 11.7. The average molecular weight is 347 g/mol. The van der Waals surface area contributed by atoms with Gasteiger partial charge in [0.05, 0.1) is 12.5 Å². The predicted octanol–water partition coefficient (Wildman–Crippen LogP) is 1.54. The summed E-state index contributed by atoms with van der Waals surface area (Å²) in [5.41, 5.74) is 1.03. The second kappa shape index (κ2) is 9.05. The monoisotopic (exact) mass is 347 g/mol. The molecule has 1 aromatic carbocycles. The number of aliphatic carboxylic acids is 1. The van der Waals surface area contributed by atoms with Gasteiger partial charge in [0.15, 0.2) is 0 Å². The summed E-state index contributed by atoms with van der Waals surface area (Å²) in [6.07, 6.45) is 1.24. The molecule has 0 saturated carbocycles. The summed E-state index contributed by atoms with van der Waals surface area (Å²) in [5.74, 6) is -1.57. The van der Waals surface area contributed by atoms with Gasteiger partial charge in [-0.25, -0.2) is 4.79 Å². The van der Waals surface area contributed by atoms with E-state index in [1.165, 1.54) is 4.90 Å². The molecule has 1 unspecified atom stereocenters. The summed E-state index contributed by atoms with van der Waals surface area (Å²) < 4.78 is 0. The zero-order valence-corrected chi connectivity index (χ0v) is 14.5. The Hall–Kier alpha value is -2.57. The van der Waals surface area contributed by atoms with Crippen LogP contribution in [0.4, 0.5) is 4.79 Å². The lowest BCUT2D eigenvalue weighted by Crippen LogP contribution is -2.49. The summed E-state index contributed by atoms with van der Waals surface area (Å²) in [7, 11) is 0. The molecule has 1 aromatic rings. The van der Waals surface area contributed by atoms with Gasteiger partial charge in [0.25, 0.3) is 0 Å². The number of benzene rings is 1. The summed E-state index contributed by atoms with van der Waals surface area (Å²) in [4.78, 5) is 38.7. The Bertz CT molecular complexity index is 606. The molecular formula is C18H25N3O4. The van der Waals surface area contributed by atoms with Crippen LogP contribution in [-0.4, -0.2) is 59.0 Å². The van der Waals surface area contributed by atoms with E-state index >= 15 is 0 Å². The fourth-order valence-corrected chi connectivity index (χ4v) is 2.92. The molecule has 0 spiro atoms. The Labute approximate surface area is 147 Å². The molecule has 2 rings (SSSR count). The van der Waals surface area contributed by atoms with E-state index in [0.717, 1.165) is 5.56 Å².